The first-order valence-corrected chi connectivity index (χ1v) is 5.49. The second-order valence-electron chi connectivity index (χ2n) is 4.30. The highest BCUT2D eigenvalue weighted by Gasteiger charge is 2.27. The van der Waals surface area contributed by atoms with Gasteiger partial charge in [0.25, 0.3) is 0 Å². The quantitative estimate of drug-likeness (QED) is 0.901. The third-order valence-electron chi connectivity index (χ3n) is 2.55. The van der Waals surface area contributed by atoms with Gasteiger partial charge < -0.3 is 10.8 Å². The van der Waals surface area contributed by atoms with Crippen LogP contribution in [0.25, 0.3) is 0 Å². The number of rotatable bonds is 3. The third-order valence-corrected chi connectivity index (χ3v) is 3.16. The van der Waals surface area contributed by atoms with Crippen molar-refractivity contribution in [3.8, 4) is 0 Å². The van der Waals surface area contributed by atoms with E-state index in [-0.39, 0.29) is 30.9 Å². The van der Waals surface area contributed by atoms with Crippen molar-refractivity contribution in [1.82, 2.24) is 0 Å². The third kappa shape index (κ3) is 3.42. The molecule has 92 valence electrons. The molecule has 1 aromatic carbocycles. The highest BCUT2D eigenvalue weighted by Crippen LogP contribution is 2.32. The number of hydrogen-bond acceptors (Lipinski definition) is 2. The Morgan fingerprint density at radius 3 is 2.50 bits per heavy atom. The largest absolute Gasteiger partial charge is 0.396 e. The van der Waals surface area contributed by atoms with Crippen LogP contribution < -0.4 is 5.73 Å². The van der Waals surface area contributed by atoms with Crippen LogP contribution in [0.3, 0.4) is 0 Å². The first-order valence-electron chi connectivity index (χ1n) is 4.70. The summed E-state index contributed by atoms with van der Waals surface area (Å²) in [5.41, 5.74) is 6.39. The molecule has 0 radical (unpaired) electrons. The maximum Gasteiger partial charge on any atom is 0.137 e. The van der Waals surface area contributed by atoms with Crippen LogP contribution in [0.4, 0.5) is 4.39 Å². The fraction of sp³-hybridized carbons (Fsp3) is 0.455. The van der Waals surface area contributed by atoms with Crippen molar-refractivity contribution >= 4 is 28.3 Å². The van der Waals surface area contributed by atoms with Gasteiger partial charge in [0, 0.05) is 18.1 Å². The van der Waals surface area contributed by atoms with Crippen LogP contribution in [0, 0.1) is 11.2 Å². The first kappa shape index (κ1) is 15.8. The van der Waals surface area contributed by atoms with Crippen LogP contribution in [0.15, 0.2) is 22.7 Å². The fourth-order valence-electron chi connectivity index (χ4n) is 1.26. The van der Waals surface area contributed by atoms with Gasteiger partial charge in [-0.3, -0.25) is 0 Å². The lowest BCUT2D eigenvalue weighted by Gasteiger charge is -2.29. The summed E-state index contributed by atoms with van der Waals surface area (Å²) < 4.78 is 13.4. The molecule has 0 bridgehead atoms. The fourth-order valence-corrected chi connectivity index (χ4v) is 1.65. The minimum atomic E-state index is -0.419. The smallest absolute Gasteiger partial charge is 0.137 e. The lowest BCUT2D eigenvalue weighted by molar-refractivity contribution is 0.132. The molecule has 0 aromatic heterocycles. The molecule has 0 unspecified atom stereocenters. The summed E-state index contributed by atoms with van der Waals surface area (Å²) in [6.07, 6.45) is 0. The molecule has 0 amide bonds. The normalized spacial score (nSPS) is 13.1. The Hall–Kier alpha value is -0.160. The second-order valence-corrected chi connectivity index (χ2v) is 5.15. The molecule has 5 heteroatoms. The molecule has 0 aliphatic carbocycles. The minimum Gasteiger partial charge on any atom is -0.396 e. The summed E-state index contributed by atoms with van der Waals surface area (Å²) in [5, 5.41) is 9.18. The number of halogens is 3. The Kier molecular flexibility index (Phi) is 5.90. The van der Waals surface area contributed by atoms with Crippen LogP contribution in [0.2, 0.25) is 0 Å². The van der Waals surface area contributed by atoms with E-state index in [0.29, 0.717) is 4.47 Å². The van der Waals surface area contributed by atoms with Gasteiger partial charge in [0.2, 0.25) is 0 Å². The van der Waals surface area contributed by atoms with E-state index < -0.39 is 5.41 Å². The van der Waals surface area contributed by atoms with Crippen LogP contribution in [-0.4, -0.2) is 11.7 Å². The van der Waals surface area contributed by atoms with Gasteiger partial charge in [-0.05, 0) is 33.6 Å². The molecule has 0 saturated carbocycles. The zero-order valence-corrected chi connectivity index (χ0v) is 11.6. The van der Waals surface area contributed by atoms with E-state index in [1.165, 1.54) is 6.07 Å². The van der Waals surface area contributed by atoms with Crippen molar-refractivity contribution in [2.45, 2.75) is 19.9 Å². The van der Waals surface area contributed by atoms with Crippen molar-refractivity contribution in [2.75, 3.05) is 6.61 Å². The molecule has 0 spiro atoms. The van der Waals surface area contributed by atoms with Crippen LogP contribution in [0.1, 0.15) is 25.5 Å². The zero-order valence-electron chi connectivity index (χ0n) is 9.21. The van der Waals surface area contributed by atoms with E-state index in [9.17, 15) is 9.50 Å². The predicted octanol–water partition coefficient (Wildman–Crippen LogP) is 3.03. The lowest BCUT2D eigenvalue weighted by atomic mass is 9.82. The molecule has 1 aromatic rings. The van der Waals surface area contributed by atoms with Gasteiger partial charge in [-0.1, -0.05) is 19.9 Å². The lowest BCUT2D eigenvalue weighted by Crippen LogP contribution is -2.32. The van der Waals surface area contributed by atoms with Crippen molar-refractivity contribution < 1.29 is 9.50 Å². The molecule has 16 heavy (non-hydrogen) atoms. The molecule has 1 rings (SSSR count). The van der Waals surface area contributed by atoms with Gasteiger partial charge in [-0.15, -0.1) is 12.4 Å². The van der Waals surface area contributed by atoms with Gasteiger partial charge in [-0.2, -0.15) is 0 Å². The average molecular weight is 313 g/mol. The molecule has 0 heterocycles. The molecule has 3 N–H and O–H groups in total. The summed E-state index contributed by atoms with van der Waals surface area (Å²) in [5.74, 6) is -0.312. The Morgan fingerprint density at radius 1 is 1.50 bits per heavy atom. The number of hydrogen-bond donors (Lipinski definition) is 2. The van der Waals surface area contributed by atoms with Crippen molar-refractivity contribution in [3.63, 3.8) is 0 Å². The SMILES string of the molecule is CC(C)(CO)[C@@H](N)c1ccc(F)c(Br)c1.Cl. The summed E-state index contributed by atoms with van der Waals surface area (Å²) in [6.45, 7) is 3.73. The van der Waals surface area contributed by atoms with Crippen molar-refractivity contribution in [2.24, 2.45) is 11.1 Å². The second kappa shape index (κ2) is 5.96. The van der Waals surface area contributed by atoms with E-state index in [1.807, 2.05) is 13.8 Å². The van der Waals surface area contributed by atoms with Gasteiger partial charge >= 0.3 is 0 Å². The maximum atomic E-state index is 13.0. The molecule has 0 aliphatic rings. The molecule has 2 nitrogen and oxygen atoms in total. The van der Waals surface area contributed by atoms with Crippen LogP contribution in [0.5, 0.6) is 0 Å². The Morgan fingerprint density at radius 2 is 2.06 bits per heavy atom. The molecule has 0 fully saturated rings. The monoisotopic (exact) mass is 311 g/mol. The van der Waals surface area contributed by atoms with Gasteiger partial charge in [0.05, 0.1) is 4.47 Å². The Bertz CT molecular complexity index is 360. The van der Waals surface area contributed by atoms with E-state index >= 15 is 0 Å². The predicted molar refractivity (Wildman–Crippen MR) is 69.1 cm³/mol. The van der Waals surface area contributed by atoms with E-state index in [1.54, 1.807) is 12.1 Å². The van der Waals surface area contributed by atoms with E-state index in [4.69, 9.17) is 5.73 Å². The van der Waals surface area contributed by atoms with Crippen LogP contribution in [-0.2, 0) is 0 Å². The first-order chi connectivity index (χ1) is 6.88. The highest BCUT2D eigenvalue weighted by atomic mass is 79.9. The molecule has 1 atom stereocenters. The Balaban J connectivity index is 0.00000225. The van der Waals surface area contributed by atoms with E-state index in [2.05, 4.69) is 15.9 Å². The number of aliphatic hydroxyl groups is 1. The zero-order chi connectivity index (χ0) is 11.6. The highest BCUT2D eigenvalue weighted by molar-refractivity contribution is 9.10. The average Bonchev–Trinajstić information content (AvgIpc) is 2.21. The summed E-state index contributed by atoms with van der Waals surface area (Å²) in [4.78, 5) is 0. The topological polar surface area (TPSA) is 46.2 Å². The van der Waals surface area contributed by atoms with Gasteiger partial charge in [0.1, 0.15) is 5.82 Å². The van der Waals surface area contributed by atoms with Gasteiger partial charge in [-0.25, -0.2) is 4.39 Å². The van der Waals surface area contributed by atoms with Crippen molar-refractivity contribution in [3.05, 3.63) is 34.1 Å². The van der Waals surface area contributed by atoms with E-state index in [0.717, 1.165) is 5.56 Å². The number of benzene rings is 1. The summed E-state index contributed by atoms with van der Waals surface area (Å²) in [6, 6.07) is 4.34. The summed E-state index contributed by atoms with van der Waals surface area (Å²) in [7, 11) is 0. The number of nitrogens with two attached hydrogens (primary N) is 1. The molecule has 0 aliphatic heterocycles. The minimum absolute atomic E-state index is 0. The molecule has 0 saturated heterocycles. The number of aliphatic hydroxyl groups excluding tert-OH is 1. The molecular formula is C11H16BrClFNO. The molecular weight excluding hydrogens is 296 g/mol. The maximum absolute atomic E-state index is 13.0. The summed E-state index contributed by atoms with van der Waals surface area (Å²) >= 11 is 3.11. The van der Waals surface area contributed by atoms with Gasteiger partial charge in [0.15, 0.2) is 0 Å². The Labute approximate surface area is 110 Å². The van der Waals surface area contributed by atoms with Crippen LogP contribution >= 0.6 is 28.3 Å². The standard InChI is InChI=1S/C11H15BrFNO.ClH/c1-11(2,6-15)10(14)7-3-4-9(13)8(12)5-7;/h3-5,10,15H,6,14H2,1-2H3;1H/t10-;/m0./s1. The van der Waals surface area contributed by atoms with Crippen molar-refractivity contribution in [1.29, 1.82) is 0 Å².